The van der Waals surface area contributed by atoms with Crippen LogP contribution in [0.5, 0.6) is 0 Å². The molecule has 0 aliphatic rings. The first-order valence-electron chi connectivity index (χ1n) is 7.60. The standard InChI is InChI=1S/C18H15N3O4S/c19-17-16(26(24,25)20-14-9-5-2-6-10-14)12-11-15(18(17)21(22)23)13-7-3-1-4-8-13/h1-12,20H,19H2. The number of sulfonamides is 1. The van der Waals surface area contributed by atoms with E-state index < -0.39 is 26.3 Å². The lowest BCUT2D eigenvalue weighted by molar-refractivity contribution is -0.383. The Morgan fingerprint density at radius 3 is 2.04 bits per heavy atom. The number of nitrogen functional groups attached to an aromatic ring is 1. The van der Waals surface area contributed by atoms with E-state index in [-0.39, 0.29) is 10.5 Å². The fraction of sp³-hybridized carbons (Fsp3) is 0. The molecule has 0 saturated carbocycles. The van der Waals surface area contributed by atoms with Crippen molar-refractivity contribution in [1.29, 1.82) is 0 Å². The second kappa shape index (κ2) is 6.85. The molecule has 26 heavy (non-hydrogen) atoms. The number of nitrogens with two attached hydrogens (primary N) is 1. The van der Waals surface area contributed by atoms with Crippen molar-refractivity contribution in [3.63, 3.8) is 0 Å². The van der Waals surface area contributed by atoms with Crippen molar-refractivity contribution in [2.75, 3.05) is 10.5 Å². The Morgan fingerprint density at radius 2 is 1.46 bits per heavy atom. The summed E-state index contributed by atoms with van der Waals surface area (Å²) in [4.78, 5) is 10.6. The van der Waals surface area contributed by atoms with Gasteiger partial charge < -0.3 is 5.73 Å². The van der Waals surface area contributed by atoms with Crippen LogP contribution in [0.2, 0.25) is 0 Å². The SMILES string of the molecule is Nc1c(S(=O)(=O)Nc2ccccc2)ccc(-c2ccccc2)c1[N+](=O)[O-]. The molecule has 0 heterocycles. The van der Waals surface area contributed by atoms with Gasteiger partial charge in [-0.05, 0) is 29.8 Å². The number of anilines is 2. The fourth-order valence-corrected chi connectivity index (χ4v) is 3.78. The molecule has 7 nitrogen and oxygen atoms in total. The molecule has 0 aromatic heterocycles. The summed E-state index contributed by atoms with van der Waals surface area (Å²) in [5, 5.41) is 11.6. The van der Waals surface area contributed by atoms with Gasteiger partial charge in [0.25, 0.3) is 10.0 Å². The van der Waals surface area contributed by atoms with Crippen LogP contribution in [-0.2, 0) is 10.0 Å². The van der Waals surface area contributed by atoms with Gasteiger partial charge in [-0.3, -0.25) is 14.8 Å². The number of rotatable bonds is 5. The number of nitro benzene ring substituents is 1. The van der Waals surface area contributed by atoms with E-state index in [0.717, 1.165) is 0 Å². The third kappa shape index (κ3) is 3.35. The molecule has 132 valence electrons. The molecular formula is C18H15N3O4S. The Hall–Kier alpha value is -3.39. The van der Waals surface area contributed by atoms with Crippen LogP contribution in [0.15, 0.2) is 77.7 Å². The molecule has 0 amide bonds. The minimum absolute atomic E-state index is 0.256. The van der Waals surface area contributed by atoms with Gasteiger partial charge in [0.05, 0.1) is 10.5 Å². The maximum absolute atomic E-state index is 12.6. The third-order valence-corrected chi connectivity index (χ3v) is 5.20. The summed E-state index contributed by atoms with van der Waals surface area (Å²) in [6.07, 6.45) is 0. The first kappa shape index (κ1) is 17.4. The van der Waals surface area contributed by atoms with Crippen LogP contribution >= 0.6 is 0 Å². The topological polar surface area (TPSA) is 115 Å². The lowest BCUT2D eigenvalue weighted by Crippen LogP contribution is -2.15. The van der Waals surface area contributed by atoms with Gasteiger partial charge in [0.15, 0.2) is 0 Å². The highest BCUT2D eigenvalue weighted by molar-refractivity contribution is 7.92. The van der Waals surface area contributed by atoms with Gasteiger partial charge in [-0.25, -0.2) is 8.42 Å². The number of para-hydroxylation sites is 1. The molecule has 0 aliphatic heterocycles. The number of hydrogen-bond acceptors (Lipinski definition) is 5. The summed E-state index contributed by atoms with van der Waals surface area (Å²) in [5.74, 6) is 0. The van der Waals surface area contributed by atoms with E-state index in [1.54, 1.807) is 60.7 Å². The van der Waals surface area contributed by atoms with Crippen LogP contribution in [0.3, 0.4) is 0 Å². The van der Waals surface area contributed by atoms with Crippen LogP contribution in [0, 0.1) is 10.1 Å². The Kier molecular flexibility index (Phi) is 4.59. The minimum atomic E-state index is -4.08. The molecule has 0 bridgehead atoms. The van der Waals surface area contributed by atoms with Gasteiger partial charge in [-0.15, -0.1) is 0 Å². The number of benzene rings is 3. The highest BCUT2D eigenvalue weighted by Crippen LogP contribution is 2.38. The molecular weight excluding hydrogens is 354 g/mol. The van der Waals surface area contributed by atoms with Gasteiger partial charge in [0.1, 0.15) is 10.6 Å². The predicted octanol–water partition coefficient (Wildman–Crippen LogP) is 3.64. The molecule has 0 saturated heterocycles. The van der Waals surface area contributed by atoms with Crippen LogP contribution in [0.1, 0.15) is 0 Å². The normalized spacial score (nSPS) is 11.1. The van der Waals surface area contributed by atoms with Gasteiger partial charge >= 0.3 is 5.69 Å². The Balaban J connectivity index is 2.12. The van der Waals surface area contributed by atoms with Gasteiger partial charge in [0, 0.05) is 5.69 Å². The molecule has 3 rings (SSSR count). The number of nitrogens with one attached hydrogen (secondary N) is 1. The van der Waals surface area contributed by atoms with E-state index in [1.165, 1.54) is 12.1 Å². The first-order valence-corrected chi connectivity index (χ1v) is 9.08. The molecule has 3 aromatic rings. The van der Waals surface area contributed by atoms with E-state index in [2.05, 4.69) is 4.72 Å². The number of nitrogens with zero attached hydrogens (tertiary/aromatic N) is 1. The van der Waals surface area contributed by atoms with Crippen LogP contribution in [0.25, 0.3) is 11.1 Å². The second-order valence-corrected chi connectivity index (χ2v) is 7.12. The average Bonchev–Trinajstić information content (AvgIpc) is 2.62. The zero-order chi connectivity index (χ0) is 18.7. The summed E-state index contributed by atoms with van der Waals surface area (Å²) in [6, 6.07) is 19.5. The molecule has 0 aliphatic carbocycles. The van der Waals surface area contributed by atoms with Gasteiger partial charge in [-0.2, -0.15) is 0 Å². The molecule has 0 atom stereocenters. The Morgan fingerprint density at radius 1 is 0.885 bits per heavy atom. The molecule has 0 fully saturated rings. The Bertz CT molecular complexity index is 1050. The van der Waals surface area contributed by atoms with Crippen LogP contribution < -0.4 is 10.5 Å². The van der Waals surface area contributed by atoms with Crippen molar-refractivity contribution in [3.05, 3.63) is 82.9 Å². The zero-order valence-electron chi connectivity index (χ0n) is 13.5. The highest BCUT2D eigenvalue weighted by Gasteiger charge is 2.28. The molecule has 0 unspecified atom stereocenters. The first-order chi connectivity index (χ1) is 12.4. The minimum Gasteiger partial charge on any atom is -0.392 e. The smallest absolute Gasteiger partial charge is 0.301 e. The lowest BCUT2D eigenvalue weighted by Gasteiger charge is -2.12. The summed E-state index contributed by atoms with van der Waals surface area (Å²) < 4.78 is 27.6. The summed E-state index contributed by atoms with van der Waals surface area (Å²) in [7, 11) is -4.08. The molecule has 8 heteroatoms. The van der Waals surface area contributed by atoms with Crippen molar-refractivity contribution in [2.24, 2.45) is 0 Å². The van der Waals surface area contributed by atoms with Crippen molar-refractivity contribution in [3.8, 4) is 11.1 Å². The van der Waals surface area contributed by atoms with Crippen LogP contribution in [0.4, 0.5) is 17.1 Å². The van der Waals surface area contributed by atoms with Crippen molar-refractivity contribution in [1.82, 2.24) is 0 Å². The monoisotopic (exact) mass is 369 g/mol. The molecule has 3 aromatic carbocycles. The van der Waals surface area contributed by atoms with Gasteiger partial charge in [-0.1, -0.05) is 48.5 Å². The van der Waals surface area contributed by atoms with Crippen molar-refractivity contribution >= 4 is 27.1 Å². The second-order valence-electron chi connectivity index (χ2n) is 5.47. The molecule has 0 spiro atoms. The number of hydrogen-bond donors (Lipinski definition) is 2. The zero-order valence-corrected chi connectivity index (χ0v) is 14.3. The third-order valence-electron chi connectivity index (χ3n) is 3.76. The average molecular weight is 369 g/mol. The molecule has 3 N–H and O–H groups in total. The van der Waals surface area contributed by atoms with Gasteiger partial charge in [0.2, 0.25) is 0 Å². The molecule has 0 radical (unpaired) electrons. The van der Waals surface area contributed by atoms with E-state index >= 15 is 0 Å². The maximum atomic E-state index is 12.6. The van der Waals surface area contributed by atoms with E-state index in [9.17, 15) is 18.5 Å². The lowest BCUT2D eigenvalue weighted by atomic mass is 10.0. The van der Waals surface area contributed by atoms with Crippen LogP contribution in [-0.4, -0.2) is 13.3 Å². The summed E-state index contributed by atoms with van der Waals surface area (Å²) in [5.41, 5.74) is 6.23. The Labute approximate surface area is 150 Å². The van der Waals surface area contributed by atoms with E-state index in [0.29, 0.717) is 11.3 Å². The maximum Gasteiger partial charge on any atom is 0.301 e. The van der Waals surface area contributed by atoms with Crippen molar-refractivity contribution in [2.45, 2.75) is 4.90 Å². The van der Waals surface area contributed by atoms with E-state index in [1.807, 2.05) is 0 Å². The fourth-order valence-electron chi connectivity index (χ4n) is 2.59. The quantitative estimate of drug-likeness (QED) is 0.405. The van der Waals surface area contributed by atoms with Crippen molar-refractivity contribution < 1.29 is 13.3 Å². The summed E-state index contributed by atoms with van der Waals surface area (Å²) >= 11 is 0. The highest BCUT2D eigenvalue weighted by atomic mass is 32.2. The number of nitro groups is 1. The largest absolute Gasteiger partial charge is 0.392 e. The van der Waals surface area contributed by atoms with E-state index in [4.69, 9.17) is 5.73 Å². The summed E-state index contributed by atoms with van der Waals surface area (Å²) in [6.45, 7) is 0. The predicted molar refractivity (Wildman–Crippen MR) is 100 cm³/mol.